The quantitative estimate of drug-likeness (QED) is 0.238. The summed E-state index contributed by atoms with van der Waals surface area (Å²) in [7, 11) is 0. The highest BCUT2D eigenvalue weighted by atomic mass is 35.5. The minimum absolute atomic E-state index is 0.0185. The zero-order chi connectivity index (χ0) is 23.9. The number of hydrogen-bond acceptors (Lipinski definition) is 6. The summed E-state index contributed by atoms with van der Waals surface area (Å²) in [5.41, 5.74) is 3.05. The summed E-state index contributed by atoms with van der Waals surface area (Å²) >= 11 is 7.26. The maximum absolute atomic E-state index is 12.5. The van der Waals surface area contributed by atoms with Crippen molar-refractivity contribution in [3.63, 3.8) is 0 Å². The summed E-state index contributed by atoms with van der Waals surface area (Å²) in [6, 6.07) is 24.0. The van der Waals surface area contributed by atoms with E-state index >= 15 is 0 Å². The first kappa shape index (κ1) is 23.5. The topological polar surface area (TPSA) is 88.9 Å². The molecule has 0 aliphatic carbocycles. The van der Waals surface area contributed by atoms with E-state index in [-0.39, 0.29) is 17.4 Å². The van der Waals surface area contributed by atoms with Crippen LogP contribution in [0.15, 0.2) is 84.0 Å². The Kier molecular flexibility index (Phi) is 7.61. The highest BCUT2D eigenvalue weighted by molar-refractivity contribution is 7.99. The van der Waals surface area contributed by atoms with Crippen LogP contribution in [0.2, 0.25) is 5.02 Å². The molecule has 7 nitrogen and oxygen atoms in total. The van der Waals surface area contributed by atoms with Crippen molar-refractivity contribution >= 4 is 46.4 Å². The van der Waals surface area contributed by atoms with Gasteiger partial charge < -0.3 is 10.6 Å². The molecule has 0 bridgehead atoms. The Balaban J connectivity index is 1.45. The van der Waals surface area contributed by atoms with Gasteiger partial charge in [-0.05, 0) is 67.6 Å². The minimum Gasteiger partial charge on any atom is -0.378 e. The highest BCUT2D eigenvalue weighted by Crippen LogP contribution is 2.23. The molecule has 3 aromatic carbocycles. The van der Waals surface area contributed by atoms with E-state index in [1.165, 1.54) is 18.7 Å². The Hall–Kier alpha value is -3.62. The smallest absolute Gasteiger partial charge is 0.234 e. The first-order valence-electron chi connectivity index (χ1n) is 10.5. The average molecular weight is 492 g/mol. The molecule has 9 heteroatoms. The molecule has 4 rings (SSSR count). The number of para-hydroxylation sites is 1. The van der Waals surface area contributed by atoms with Crippen molar-refractivity contribution in [1.82, 2.24) is 14.8 Å². The molecular formula is C25H22ClN5O2S. The molecule has 0 radical (unpaired) electrons. The van der Waals surface area contributed by atoms with Crippen LogP contribution in [0.4, 0.5) is 11.4 Å². The lowest BCUT2D eigenvalue weighted by atomic mass is 10.1. The van der Waals surface area contributed by atoms with Crippen LogP contribution in [0.5, 0.6) is 0 Å². The predicted molar refractivity (Wildman–Crippen MR) is 136 cm³/mol. The van der Waals surface area contributed by atoms with Crippen LogP contribution in [0, 0.1) is 0 Å². The number of ketones is 1. The number of nitrogens with one attached hydrogen (secondary N) is 2. The standard InChI is InChI=1S/C25H22ClN5O2S/c1-17(32)18-7-11-21(12-8-18)28-24(33)16-34-25-30-29-23(31(25)22-5-3-2-4-6-22)15-27-20-13-9-19(26)10-14-20/h2-14,27H,15-16H2,1H3,(H,28,33). The number of carbonyl (C=O) groups is 2. The zero-order valence-electron chi connectivity index (χ0n) is 18.4. The lowest BCUT2D eigenvalue weighted by Gasteiger charge is -2.11. The van der Waals surface area contributed by atoms with Gasteiger partial charge in [0.2, 0.25) is 5.91 Å². The summed E-state index contributed by atoms with van der Waals surface area (Å²) in [5, 5.41) is 16.1. The van der Waals surface area contributed by atoms with Crippen LogP contribution < -0.4 is 10.6 Å². The fraction of sp³-hybridized carbons (Fsp3) is 0.120. The van der Waals surface area contributed by atoms with Crippen molar-refractivity contribution in [2.24, 2.45) is 0 Å². The predicted octanol–water partition coefficient (Wildman–Crippen LogP) is 5.47. The van der Waals surface area contributed by atoms with Crippen LogP contribution in [0.1, 0.15) is 23.1 Å². The van der Waals surface area contributed by atoms with Crippen LogP contribution in [-0.4, -0.2) is 32.2 Å². The van der Waals surface area contributed by atoms with Crippen molar-refractivity contribution in [3.05, 3.63) is 95.3 Å². The van der Waals surface area contributed by atoms with Gasteiger partial charge in [0.15, 0.2) is 16.8 Å². The Morgan fingerprint density at radius 1 is 0.912 bits per heavy atom. The minimum atomic E-state index is -0.177. The van der Waals surface area contributed by atoms with Gasteiger partial charge in [0.25, 0.3) is 0 Å². The highest BCUT2D eigenvalue weighted by Gasteiger charge is 2.16. The number of rotatable bonds is 9. The second kappa shape index (κ2) is 11.0. The summed E-state index contributed by atoms with van der Waals surface area (Å²) in [5.74, 6) is 0.673. The van der Waals surface area contributed by atoms with Crippen molar-refractivity contribution in [2.75, 3.05) is 16.4 Å². The van der Waals surface area contributed by atoms with Crippen LogP contribution in [0.25, 0.3) is 5.69 Å². The first-order valence-corrected chi connectivity index (χ1v) is 11.9. The Bertz CT molecular complexity index is 1280. The maximum Gasteiger partial charge on any atom is 0.234 e. The van der Waals surface area contributed by atoms with Gasteiger partial charge in [0.05, 0.1) is 12.3 Å². The van der Waals surface area contributed by atoms with E-state index in [4.69, 9.17) is 11.6 Å². The molecule has 2 N–H and O–H groups in total. The summed E-state index contributed by atoms with van der Waals surface area (Å²) in [4.78, 5) is 23.9. The molecule has 0 unspecified atom stereocenters. The van der Waals surface area contributed by atoms with Gasteiger partial charge in [-0.3, -0.25) is 14.2 Å². The first-order chi connectivity index (χ1) is 16.5. The third kappa shape index (κ3) is 6.03. The molecule has 4 aromatic rings. The zero-order valence-corrected chi connectivity index (χ0v) is 19.9. The van der Waals surface area contributed by atoms with E-state index in [9.17, 15) is 9.59 Å². The number of hydrogen-bond donors (Lipinski definition) is 2. The number of Topliss-reactive ketones (excluding diaryl/α,β-unsaturated/α-hetero) is 1. The lowest BCUT2D eigenvalue weighted by Crippen LogP contribution is -2.15. The Morgan fingerprint density at radius 3 is 2.26 bits per heavy atom. The second-order valence-corrected chi connectivity index (χ2v) is 8.78. The maximum atomic E-state index is 12.5. The normalized spacial score (nSPS) is 10.6. The van der Waals surface area contributed by atoms with Crippen molar-refractivity contribution in [3.8, 4) is 5.69 Å². The Morgan fingerprint density at radius 2 is 1.59 bits per heavy atom. The van der Waals surface area contributed by atoms with Crippen molar-refractivity contribution in [1.29, 1.82) is 0 Å². The lowest BCUT2D eigenvalue weighted by molar-refractivity contribution is -0.113. The van der Waals surface area contributed by atoms with E-state index in [0.29, 0.717) is 33.8 Å². The van der Waals surface area contributed by atoms with E-state index < -0.39 is 0 Å². The molecule has 1 amide bonds. The van der Waals surface area contributed by atoms with Gasteiger partial charge in [0, 0.05) is 27.6 Å². The number of aromatic nitrogens is 3. The van der Waals surface area contributed by atoms with Crippen molar-refractivity contribution in [2.45, 2.75) is 18.6 Å². The summed E-state index contributed by atoms with van der Waals surface area (Å²) < 4.78 is 1.93. The number of halogens is 1. The number of nitrogens with zero attached hydrogens (tertiary/aromatic N) is 3. The Labute approximate surface area is 206 Å². The number of anilines is 2. The SMILES string of the molecule is CC(=O)c1ccc(NC(=O)CSc2nnc(CNc3ccc(Cl)cc3)n2-c2ccccc2)cc1. The van der Waals surface area contributed by atoms with Gasteiger partial charge in [-0.25, -0.2) is 0 Å². The van der Waals surface area contributed by atoms with Crippen LogP contribution >= 0.6 is 23.4 Å². The number of amides is 1. The molecule has 172 valence electrons. The largest absolute Gasteiger partial charge is 0.378 e. The number of thioether (sulfide) groups is 1. The average Bonchev–Trinajstić information content (AvgIpc) is 3.26. The molecule has 0 atom stereocenters. The van der Waals surface area contributed by atoms with Gasteiger partial charge in [-0.2, -0.15) is 0 Å². The van der Waals surface area contributed by atoms with E-state index in [1.807, 2.05) is 59.2 Å². The molecule has 0 fully saturated rings. The summed E-state index contributed by atoms with van der Waals surface area (Å²) in [6.45, 7) is 1.95. The third-order valence-corrected chi connectivity index (χ3v) is 6.10. The van der Waals surface area contributed by atoms with Gasteiger partial charge in [-0.1, -0.05) is 41.6 Å². The molecule has 0 aliphatic heterocycles. The van der Waals surface area contributed by atoms with Crippen molar-refractivity contribution < 1.29 is 9.59 Å². The van der Waals surface area contributed by atoms with Gasteiger partial charge in [-0.15, -0.1) is 10.2 Å². The molecule has 34 heavy (non-hydrogen) atoms. The molecular weight excluding hydrogens is 470 g/mol. The molecule has 0 saturated carbocycles. The fourth-order valence-electron chi connectivity index (χ4n) is 3.21. The molecule has 1 heterocycles. The third-order valence-electron chi connectivity index (χ3n) is 4.92. The van der Waals surface area contributed by atoms with Gasteiger partial charge in [0.1, 0.15) is 0 Å². The number of benzene rings is 3. The fourth-order valence-corrected chi connectivity index (χ4v) is 4.11. The molecule has 0 aliphatic rings. The van der Waals surface area contributed by atoms with E-state index in [0.717, 1.165) is 11.4 Å². The van der Waals surface area contributed by atoms with Crippen LogP contribution in [0.3, 0.4) is 0 Å². The summed E-state index contributed by atoms with van der Waals surface area (Å²) in [6.07, 6.45) is 0. The molecule has 0 saturated heterocycles. The molecule has 1 aromatic heterocycles. The second-order valence-electron chi connectivity index (χ2n) is 7.40. The van der Waals surface area contributed by atoms with Crippen LogP contribution in [-0.2, 0) is 11.3 Å². The number of carbonyl (C=O) groups excluding carboxylic acids is 2. The van der Waals surface area contributed by atoms with Gasteiger partial charge >= 0.3 is 0 Å². The van der Waals surface area contributed by atoms with E-state index in [1.54, 1.807) is 24.3 Å². The monoisotopic (exact) mass is 491 g/mol. The molecule has 0 spiro atoms. The van der Waals surface area contributed by atoms with E-state index in [2.05, 4.69) is 20.8 Å².